The standard InChI is InChI=1S/C28H27NO3/c1-31-26-16-12-21(13-17-26)18-27(24-14-15-25(20-30)29-19-24)32-28(22-8-4-2-5-9-22)23-10-6-3-7-11-23/h2-17,19,27-28,30H,18,20H2,1H3. The van der Waals surface area contributed by atoms with Crippen LogP contribution in [0, 0.1) is 0 Å². The second-order valence-electron chi connectivity index (χ2n) is 7.62. The van der Waals surface area contributed by atoms with Crippen LogP contribution in [0.15, 0.2) is 103 Å². The SMILES string of the molecule is COc1ccc(CC(OC(c2ccccc2)c2ccccc2)c2ccc(CO)nc2)cc1. The fraction of sp³-hybridized carbons (Fsp3) is 0.179. The summed E-state index contributed by atoms with van der Waals surface area (Å²) in [5, 5.41) is 9.39. The molecule has 4 heteroatoms. The first-order valence-electron chi connectivity index (χ1n) is 10.7. The number of aliphatic hydroxyl groups is 1. The summed E-state index contributed by atoms with van der Waals surface area (Å²) in [5.74, 6) is 0.826. The fourth-order valence-electron chi connectivity index (χ4n) is 3.71. The maximum Gasteiger partial charge on any atom is 0.118 e. The third-order valence-corrected chi connectivity index (χ3v) is 5.47. The van der Waals surface area contributed by atoms with Crippen LogP contribution >= 0.6 is 0 Å². The third-order valence-electron chi connectivity index (χ3n) is 5.47. The number of pyridine rings is 1. The van der Waals surface area contributed by atoms with E-state index in [2.05, 4.69) is 41.4 Å². The van der Waals surface area contributed by atoms with Crippen LogP contribution in [-0.2, 0) is 17.8 Å². The Morgan fingerprint density at radius 3 is 1.88 bits per heavy atom. The van der Waals surface area contributed by atoms with Gasteiger partial charge in [-0.25, -0.2) is 0 Å². The van der Waals surface area contributed by atoms with Gasteiger partial charge in [0.1, 0.15) is 11.9 Å². The third kappa shape index (κ3) is 5.41. The molecule has 0 spiro atoms. The first kappa shape index (κ1) is 21.8. The van der Waals surface area contributed by atoms with E-state index in [9.17, 15) is 5.11 Å². The lowest BCUT2D eigenvalue weighted by atomic mass is 9.98. The molecular formula is C28H27NO3. The van der Waals surface area contributed by atoms with Crippen molar-refractivity contribution in [3.63, 3.8) is 0 Å². The highest BCUT2D eigenvalue weighted by Crippen LogP contribution is 2.34. The van der Waals surface area contributed by atoms with Gasteiger partial charge in [0.15, 0.2) is 0 Å². The first-order chi connectivity index (χ1) is 15.8. The van der Waals surface area contributed by atoms with Crippen molar-refractivity contribution < 1.29 is 14.6 Å². The van der Waals surface area contributed by atoms with E-state index in [1.165, 1.54) is 0 Å². The highest BCUT2D eigenvalue weighted by Gasteiger charge is 2.22. The number of benzene rings is 3. The average molecular weight is 426 g/mol. The molecule has 1 heterocycles. The number of hydrogen-bond donors (Lipinski definition) is 1. The maximum atomic E-state index is 9.39. The molecule has 1 atom stereocenters. The molecule has 4 nitrogen and oxygen atoms in total. The van der Waals surface area contributed by atoms with Crippen molar-refractivity contribution in [3.05, 3.63) is 131 Å². The minimum Gasteiger partial charge on any atom is -0.497 e. The van der Waals surface area contributed by atoms with Crippen LogP contribution in [0.25, 0.3) is 0 Å². The molecule has 0 aliphatic rings. The molecule has 3 aromatic carbocycles. The number of methoxy groups -OCH3 is 1. The summed E-state index contributed by atoms with van der Waals surface area (Å²) in [4.78, 5) is 4.39. The Morgan fingerprint density at radius 2 is 1.38 bits per heavy atom. The predicted molar refractivity (Wildman–Crippen MR) is 125 cm³/mol. The molecule has 4 rings (SSSR count). The molecule has 0 saturated carbocycles. The van der Waals surface area contributed by atoms with E-state index in [1.807, 2.05) is 60.7 Å². The molecule has 0 fully saturated rings. The van der Waals surface area contributed by atoms with Gasteiger partial charge in [0.25, 0.3) is 0 Å². The zero-order chi connectivity index (χ0) is 22.2. The van der Waals surface area contributed by atoms with Crippen molar-refractivity contribution in [2.24, 2.45) is 0 Å². The summed E-state index contributed by atoms with van der Waals surface area (Å²) in [6.07, 6.45) is 2.03. The van der Waals surface area contributed by atoms with E-state index in [4.69, 9.17) is 9.47 Å². The van der Waals surface area contributed by atoms with Crippen LogP contribution in [0.1, 0.15) is 40.2 Å². The summed E-state index contributed by atoms with van der Waals surface area (Å²) in [6.45, 7) is -0.0824. The number of ether oxygens (including phenoxy) is 2. The van der Waals surface area contributed by atoms with E-state index in [-0.39, 0.29) is 18.8 Å². The van der Waals surface area contributed by atoms with Crippen molar-refractivity contribution in [1.82, 2.24) is 4.98 Å². The van der Waals surface area contributed by atoms with Gasteiger partial charge in [0.2, 0.25) is 0 Å². The van der Waals surface area contributed by atoms with Gasteiger partial charge in [0.05, 0.1) is 25.5 Å². The molecule has 162 valence electrons. The van der Waals surface area contributed by atoms with Crippen LogP contribution in [-0.4, -0.2) is 17.2 Å². The van der Waals surface area contributed by atoms with Gasteiger partial charge in [-0.3, -0.25) is 4.98 Å². The molecule has 0 aliphatic heterocycles. The van der Waals surface area contributed by atoms with E-state index < -0.39 is 0 Å². The van der Waals surface area contributed by atoms with Gasteiger partial charge < -0.3 is 14.6 Å². The zero-order valence-corrected chi connectivity index (χ0v) is 18.1. The van der Waals surface area contributed by atoms with Crippen molar-refractivity contribution in [2.75, 3.05) is 7.11 Å². The summed E-state index contributed by atoms with van der Waals surface area (Å²) >= 11 is 0. The Bertz CT molecular complexity index is 1040. The Morgan fingerprint density at radius 1 is 0.750 bits per heavy atom. The highest BCUT2D eigenvalue weighted by atomic mass is 16.5. The fourth-order valence-corrected chi connectivity index (χ4v) is 3.71. The van der Waals surface area contributed by atoms with Gasteiger partial charge in [-0.15, -0.1) is 0 Å². The van der Waals surface area contributed by atoms with E-state index >= 15 is 0 Å². The quantitative estimate of drug-likeness (QED) is 0.375. The highest BCUT2D eigenvalue weighted by molar-refractivity contribution is 5.32. The van der Waals surface area contributed by atoms with Crippen molar-refractivity contribution in [2.45, 2.75) is 25.2 Å². The minimum absolute atomic E-state index is 0.0824. The van der Waals surface area contributed by atoms with Gasteiger partial charge in [-0.05, 0) is 40.5 Å². The Hall–Kier alpha value is -3.47. The number of aromatic nitrogens is 1. The van der Waals surface area contributed by atoms with Gasteiger partial charge in [-0.1, -0.05) is 78.9 Å². The number of rotatable bonds is 9. The van der Waals surface area contributed by atoms with E-state index in [0.717, 1.165) is 28.0 Å². The maximum absolute atomic E-state index is 9.39. The summed E-state index contributed by atoms with van der Waals surface area (Å²) < 4.78 is 12.1. The van der Waals surface area contributed by atoms with Gasteiger partial charge >= 0.3 is 0 Å². The molecule has 0 bridgehead atoms. The van der Waals surface area contributed by atoms with E-state index in [1.54, 1.807) is 13.3 Å². The van der Waals surface area contributed by atoms with Gasteiger partial charge in [0, 0.05) is 12.6 Å². The Kier molecular flexibility index (Phi) is 7.28. The summed E-state index contributed by atoms with van der Waals surface area (Å²) in [6, 6.07) is 32.4. The number of hydrogen-bond acceptors (Lipinski definition) is 4. The Labute approximate surface area is 189 Å². The number of nitrogens with zero attached hydrogens (tertiary/aromatic N) is 1. The molecular weight excluding hydrogens is 398 g/mol. The molecule has 1 unspecified atom stereocenters. The predicted octanol–water partition coefficient (Wildman–Crippen LogP) is 5.67. The zero-order valence-electron chi connectivity index (χ0n) is 18.1. The van der Waals surface area contributed by atoms with Crippen molar-refractivity contribution in [3.8, 4) is 5.75 Å². The molecule has 0 radical (unpaired) electrons. The number of aliphatic hydroxyl groups excluding tert-OH is 1. The van der Waals surface area contributed by atoms with Crippen molar-refractivity contribution in [1.29, 1.82) is 0 Å². The first-order valence-corrected chi connectivity index (χ1v) is 10.7. The molecule has 0 aliphatic carbocycles. The molecule has 4 aromatic rings. The molecule has 1 aromatic heterocycles. The van der Waals surface area contributed by atoms with Gasteiger partial charge in [-0.2, -0.15) is 0 Å². The normalized spacial score (nSPS) is 12.0. The second-order valence-corrected chi connectivity index (χ2v) is 7.62. The minimum atomic E-state index is -0.228. The lowest BCUT2D eigenvalue weighted by Crippen LogP contribution is -2.14. The van der Waals surface area contributed by atoms with Crippen LogP contribution < -0.4 is 4.74 Å². The second kappa shape index (κ2) is 10.7. The van der Waals surface area contributed by atoms with Crippen LogP contribution in [0.4, 0.5) is 0 Å². The molecule has 0 amide bonds. The summed E-state index contributed by atoms with van der Waals surface area (Å²) in [7, 11) is 1.67. The van der Waals surface area contributed by atoms with Crippen LogP contribution in [0.5, 0.6) is 5.75 Å². The van der Waals surface area contributed by atoms with Crippen LogP contribution in [0.2, 0.25) is 0 Å². The molecule has 1 N–H and O–H groups in total. The topological polar surface area (TPSA) is 51.6 Å². The lowest BCUT2D eigenvalue weighted by Gasteiger charge is -2.26. The molecule has 0 saturated heterocycles. The van der Waals surface area contributed by atoms with E-state index in [0.29, 0.717) is 12.1 Å². The average Bonchev–Trinajstić information content (AvgIpc) is 2.88. The Balaban J connectivity index is 1.69. The lowest BCUT2D eigenvalue weighted by molar-refractivity contribution is 0.00676. The largest absolute Gasteiger partial charge is 0.497 e. The molecule has 32 heavy (non-hydrogen) atoms. The van der Waals surface area contributed by atoms with Crippen LogP contribution in [0.3, 0.4) is 0 Å². The summed E-state index contributed by atoms with van der Waals surface area (Å²) in [5.41, 5.74) is 4.94. The monoisotopic (exact) mass is 425 g/mol. The van der Waals surface area contributed by atoms with Crippen molar-refractivity contribution >= 4 is 0 Å². The smallest absolute Gasteiger partial charge is 0.118 e.